The number of nitrogens with one attached hydrogen (secondary N) is 1. The van der Waals surface area contributed by atoms with Crippen LogP contribution in [-0.2, 0) is 9.53 Å². The molecule has 1 saturated carbocycles. The lowest BCUT2D eigenvalue weighted by Gasteiger charge is -2.37. The number of rotatable bonds is 10. The van der Waals surface area contributed by atoms with Gasteiger partial charge in [-0.25, -0.2) is 9.97 Å². The SMILES string of the molecule is CCOC(=O)CC(C)c1cnc(N(CC(C)C)C2CCCCC2)c(Nc2ccc(Cl)cn2)c1. The number of nitrogens with zero attached hydrogens (tertiary/aromatic N) is 3. The lowest BCUT2D eigenvalue weighted by atomic mass is 9.93. The van der Waals surface area contributed by atoms with Crippen molar-refractivity contribution >= 4 is 34.9 Å². The van der Waals surface area contributed by atoms with Gasteiger partial charge in [0.25, 0.3) is 0 Å². The van der Waals surface area contributed by atoms with Crippen LogP contribution in [0.4, 0.5) is 17.3 Å². The van der Waals surface area contributed by atoms with E-state index in [1.807, 2.05) is 32.2 Å². The van der Waals surface area contributed by atoms with Gasteiger partial charge in [-0.15, -0.1) is 0 Å². The number of carbonyl (C=O) groups excluding carboxylic acids is 1. The minimum absolute atomic E-state index is 0.00226. The number of pyridine rings is 2. The summed E-state index contributed by atoms with van der Waals surface area (Å²) in [5, 5.41) is 4.07. The van der Waals surface area contributed by atoms with Gasteiger partial charge in [-0.3, -0.25) is 4.79 Å². The molecule has 0 saturated heterocycles. The Labute approximate surface area is 203 Å². The van der Waals surface area contributed by atoms with Crippen LogP contribution in [0, 0.1) is 5.92 Å². The molecule has 1 N–H and O–H groups in total. The minimum atomic E-state index is -0.188. The van der Waals surface area contributed by atoms with Crippen molar-refractivity contribution in [3.63, 3.8) is 0 Å². The predicted octanol–water partition coefficient (Wildman–Crippen LogP) is 6.73. The summed E-state index contributed by atoms with van der Waals surface area (Å²) in [6.07, 6.45) is 10.1. The number of hydrogen-bond donors (Lipinski definition) is 1. The average molecular weight is 473 g/mol. The first-order valence-electron chi connectivity index (χ1n) is 12.2. The number of carbonyl (C=O) groups is 1. The number of ether oxygens (including phenoxy) is 1. The molecule has 0 aromatic carbocycles. The van der Waals surface area contributed by atoms with Gasteiger partial charge in [-0.2, -0.15) is 0 Å². The number of anilines is 3. The van der Waals surface area contributed by atoms with E-state index in [-0.39, 0.29) is 11.9 Å². The second-order valence-corrected chi connectivity index (χ2v) is 9.81. The van der Waals surface area contributed by atoms with Gasteiger partial charge in [0.2, 0.25) is 0 Å². The van der Waals surface area contributed by atoms with Gasteiger partial charge < -0.3 is 15.0 Å². The number of esters is 1. The monoisotopic (exact) mass is 472 g/mol. The largest absolute Gasteiger partial charge is 0.466 e. The lowest BCUT2D eigenvalue weighted by molar-refractivity contribution is -0.143. The molecule has 1 unspecified atom stereocenters. The highest BCUT2D eigenvalue weighted by molar-refractivity contribution is 6.30. The maximum absolute atomic E-state index is 12.0. The van der Waals surface area contributed by atoms with Crippen molar-refractivity contribution in [3.8, 4) is 0 Å². The molecule has 7 heteroatoms. The van der Waals surface area contributed by atoms with Gasteiger partial charge in [0.15, 0.2) is 5.82 Å². The van der Waals surface area contributed by atoms with Crippen molar-refractivity contribution in [1.82, 2.24) is 9.97 Å². The third-order valence-electron chi connectivity index (χ3n) is 6.07. The van der Waals surface area contributed by atoms with Crippen LogP contribution in [0.15, 0.2) is 30.6 Å². The molecule has 0 spiro atoms. The molecule has 2 aromatic rings. The second kappa shape index (κ2) is 12.2. The fraction of sp³-hybridized carbons (Fsp3) is 0.577. The molecule has 1 aliphatic carbocycles. The normalized spacial score (nSPS) is 15.3. The Bertz CT molecular complexity index is 898. The molecule has 1 aliphatic rings. The van der Waals surface area contributed by atoms with Crippen molar-refractivity contribution in [2.75, 3.05) is 23.4 Å². The highest BCUT2D eigenvalue weighted by Gasteiger charge is 2.26. The lowest BCUT2D eigenvalue weighted by Crippen LogP contribution is -2.40. The van der Waals surface area contributed by atoms with E-state index in [0.717, 1.165) is 23.6 Å². The molecule has 1 fully saturated rings. The van der Waals surface area contributed by atoms with E-state index in [1.165, 1.54) is 32.1 Å². The Morgan fingerprint density at radius 1 is 1.18 bits per heavy atom. The number of hydrogen-bond acceptors (Lipinski definition) is 6. The summed E-state index contributed by atoms with van der Waals surface area (Å²) >= 11 is 6.04. The van der Waals surface area contributed by atoms with Crippen LogP contribution in [0.2, 0.25) is 5.02 Å². The quantitative estimate of drug-likeness (QED) is 0.387. The third-order valence-corrected chi connectivity index (χ3v) is 6.30. The van der Waals surface area contributed by atoms with Gasteiger partial charge >= 0.3 is 5.97 Å². The average Bonchev–Trinajstić information content (AvgIpc) is 2.80. The molecule has 180 valence electrons. The molecular weight excluding hydrogens is 436 g/mol. The predicted molar refractivity (Wildman–Crippen MR) is 135 cm³/mol. The highest BCUT2D eigenvalue weighted by atomic mass is 35.5. The Balaban J connectivity index is 1.97. The van der Waals surface area contributed by atoms with Gasteiger partial charge in [0.05, 0.1) is 23.7 Å². The molecule has 2 aromatic heterocycles. The molecule has 0 radical (unpaired) electrons. The zero-order chi connectivity index (χ0) is 23.8. The van der Waals surface area contributed by atoms with E-state index in [2.05, 4.69) is 35.1 Å². The van der Waals surface area contributed by atoms with Crippen LogP contribution < -0.4 is 10.2 Å². The van der Waals surface area contributed by atoms with Gasteiger partial charge in [-0.05, 0) is 55.4 Å². The summed E-state index contributed by atoms with van der Waals surface area (Å²) in [6.45, 7) is 9.69. The molecule has 6 nitrogen and oxygen atoms in total. The van der Waals surface area contributed by atoms with Crippen LogP contribution in [0.5, 0.6) is 0 Å². The molecule has 2 heterocycles. The van der Waals surface area contributed by atoms with Crippen LogP contribution in [0.1, 0.15) is 77.7 Å². The molecule has 1 atom stereocenters. The fourth-order valence-electron chi connectivity index (χ4n) is 4.43. The summed E-state index contributed by atoms with van der Waals surface area (Å²) in [7, 11) is 0. The van der Waals surface area contributed by atoms with E-state index < -0.39 is 0 Å². The molecule has 0 bridgehead atoms. The van der Waals surface area contributed by atoms with E-state index in [0.29, 0.717) is 35.8 Å². The minimum Gasteiger partial charge on any atom is -0.466 e. The van der Waals surface area contributed by atoms with Crippen molar-refractivity contribution in [2.24, 2.45) is 5.92 Å². The van der Waals surface area contributed by atoms with Crippen LogP contribution >= 0.6 is 11.6 Å². The van der Waals surface area contributed by atoms with Gasteiger partial charge in [-0.1, -0.05) is 51.6 Å². The molecular formula is C26H37ClN4O2. The standard InChI is InChI=1S/C26H37ClN4O2/c1-5-33-25(32)13-19(4)20-14-23(30-24-12-11-21(27)16-28-24)26(29-15-20)31(17-18(2)3)22-9-7-6-8-10-22/h11-12,14-16,18-19,22H,5-10,13,17H2,1-4H3,(H,28,30). The maximum Gasteiger partial charge on any atom is 0.306 e. The first-order valence-corrected chi connectivity index (χ1v) is 12.6. The summed E-state index contributed by atoms with van der Waals surface area (Å²) in [6, 6.07) is 6.28. The van der Waals surface area contributed by atoms with E-state index in [1.54, 1.807) is 6.20 Å². The van der Waals surface area contributed by atoms with E-state index >= 15 is 0 Å². The Morgan fingerprint density at radius 3 is 2.58 bits per heavy atom. The third kappa shape index (κ3) is 7.32. The number of halogens is 1. The first-order chi connectivity index (χ1) is 15.9. The summed E-state index contributed by atoms with van der Waals surface area (Å²) < 4.78 is 5.15. The zero-order valence-corrected chi connectivity index (χ0v) is 21.1. The van der Waals surface area contributed by atoms with Crippen molar-refractivity contribution in [3.05, 3.63) is 41.2 Å². The van der Waals surface area contributed by atoms with Crippen molar-refractivity contribution in [2.45, 2.75) is 78.2 Å². The number of aromatic nitrogens is 2. The fourth-order valence-corrected chi connectivity index (χ4v) is 4.55. The first kappa shape index (κ1) is 25.3. The smallest absolute Gasteiger partial charge is 0.306 e. The zero-order valence-electron chi connectivity index (χ0n) is 20.3. The second-order valence-electron chi connectivity index (χ2n) is 9.37. The summed E-state index contributed by atoms with van der Waals surface area (Å²) in [4.78, 5) is 23.9. The van der Waals surface area contributed by atoms with Gasteiger partial charge in [0.1, 0.15) is 5.82 Å². The Kier molecular flexibility index (Phi) is 9.36. The molecule has 0 amide bonds. The summed E-state index contributed by atoms with van der Waals surface area (Å²) in [5.41, 5.74) is 1.90. The Morgan fingerprint density at radius 2 is 1.94 bits per heavy atom. The van der Waals surface area contributed by atoms with Crippen LogP contribution in [0.3, 0.4) is 0 Å². The van der Waals surface area contributed by atoms with E-state index in [9.17, 15) is 4.79 Å². The van der Waals surface area contributed by atoms with Crippen LogP contribution in [0.25, 0.3) is 0 Å². The molecule has 33 heavy (non-hydrogen) atoms. The molecule has 0 aliphatic heterocycles. The van der Waals surface area contributed by atoms with Crippen LogP contribution in [-0.4, -0.2) is 35.1 Å². The molecule has 3 rings (SSSR count). The van der Waals surface area contributed by atoms with Crippen molar-refractivity contribution < 1.29 is 9.53 Å². The Hall–Kier alpha value is -2.34. The topological polar surface area (TPSA) is 67.3 Å². The summed E-state index contributed by atoms with van der Waals surface area (Å²) in [5.74, 6) is 1.98. The van der Waals surface area contributed by atoms with Crippen molar-refractivity contribution in [1.29, 1.82) is 0 Å². The van der Waals surface area contributed by atoms with Gasteiger partial charge in [0, 0.05) is 25.0 Å². The maximum atomic E-state index is 12.0. The van der Waals surface area contributed by atoms with E-state index in [4.69, 9.17) is 21.3 Å². The highest BCUT2D eigenvalue weighted by Crippen LogP contribution is 2.35.